The Morgan fingerprint density at radius 2 is 1.93 bits per heavy atom. The zero-order valence-corrected chi connectivity index (χ0v) is 18.7. The molecule has 2 fully saturated rings. The second-order valence-electron chi connectivity index (χ2n) is 8.96. The van der Waals surface area contributed by atoms with Crippen LogP contribution in [-0.2, 0) is 6.54 Å². The van der Waals surface area contributed by atoms with Crippen LogP contribution in [0.5, 0.6) is 0 Å². The SMILES string of the molecule is CCC1CCC(N(C(=O)c2cc(C)nc3c2cnn3Cc2cccs2)C2CC2)CC1. The zero-order valence-electron chi connectivity index (χ0n) is 17.9. The third kappa shape index (κ3) is 3.78. The molecule has 2 aliphatic carbocycles. The predicted molar refractivity (Wildman–Crippen MR) is 121 cm³/mol. The lowest BCUT2D eigenvalue weighted by Crippen LogP contribution is -2.44. The van der Waals surface area contributed by atoms with Crippen molar-refractivity contribution >= 4 is 28.3 Å². The molecule has 3 aromatic heterocycles. The normalized spacial score (nSPS) is 21.8. The number of thiophene rings is 1. The summed E-state index contributed by atoms with van der Waals surface area (Å²) in [5.41, 5.74) is 2.47. The zero-order chi connectivity index (χ0) is 20.7. The van der Waals surface area contributed by atoms with E-state index in [0.29, 0.717) is 18.6 Å². The summed E-state index contributed by atoms with van der Waals surface area (Å²) in [5.74, 6) is 1.02. The first-order chi connectivity index (χ1) is 14.6. The molecular weight excluding hydrogens is 392 g/mol. The van der Waals surface area contributed by atoms with Gasteiger partial charge in [-0.1, -0.05) is 19.4 Å². The van der Waals surface area contributed by atoms with E-state index in [1.54, 1.807) is 11.3 Å². The topological polar surface area (TPSA) is 51.0 Å². The summed E-state index contributed by atoms with van der Waals surface area (Å²) in [6.45, 7) is 4.96. The van der Waals surface area contributed by atoms with E-state index >= 15 is 0 Å². The van der Waals surface area contributed by atoms with Crippen LogP contribution >= 0.6 is 11.3 Å². The summed E-state index contributed by atoms with van der Waals surface area (Å²) < 4.78 is 1.93. The lowest BCUT2D eigenvalue weighted by molar-refractivity contribution is 0.0589. The van der Waals surface area contributed by atoms with Crippen molar-refractivity contribution in [3.05, 3.63) is 45.9 Å². The van der Waals surface area contributed by atoms with Gasteiger partial charge < -0.3 is 4.90 Å². The maximum absolute atomic E-state index is 13.8. The fourth-order valence-corrected chi connectivity index (χ4v) is 5.65. The second-order valence-corrected chi connectivity index (χ2v) is 9.99. The maximum Gasteiger partial charge on any atom is 0.255 e. The Labute approximate surface area is 182 Å². The van der Waals surface area contributed by atoms with Crippen molar-refractivity contribution in [2.24, 2.45) is 5.92 Å². The third-order valence-corrected chi connectivity index (χ3v) is 7.68. The van der Waals surface area contributed by atoms with Crippen molar-refractivity contribution in [1.82, 2.24) is 19.7 Å². The van der Waals surface area contributed by atoms with Gasteiger partial charge in [0.1, 0.15) is 0 Å². The standard InChI is InChI=1S/C24H30N4OS/c1-3-17-6-8-18(9-7-17)28(19-10-11-19)24(29)21-13-16(2)26-23-22(21)14-25-27(23)15-20-5-4-12-30-20/h4-5,12-14,17-19H,3,6-11,15H2,1-2H3. The molecule has 5 rings (SSSR count). The van der Waals surface area contributed by atoms with E-state index in [1.807, 2.05) is 23.9 Å². The molecular formula is C24H30N4OS. The summed E-state index contributed by atoms with van der Waals surface area (Å²) in [4.78, 5) is 22.1. The number of amides is 1. The molecule has 0 spiro atoms. The molecule has 0 N–H and O–H groups in total. The highest BCUT2D eigenvalue weighted by atomic mass is 32.1. The molecule has 158 valence electrons. The van der Waals surface area contributed by atoms with Gasteiger partial charge in [0.25, 0.3) is 5.91 Å². The Hall–Kier alpha value is -2.21. The molecule has 0 aliphatic heterocycles. The summed E-state index contributed by atoms with van der Waals surface area (Å²) in [5, 5.41) is 7.56. The van der Waals surface area contributed by atoms with E-state index in [2.05, 4.69) is 34.4 Å². The van der Waals surface area contributed by atoms with E-state index < -0.39 is 0 Å². The van der Waals surface area contributed by atoms with Crippen molar-refractivity contribution in [3.8, 4) is 0 Å². The predicted octanol–water partition coefficient (Wildman–Crippen LogP) is 5.42. The van der Waals surface area contributed by atoms with E-state index in [1.165, 1.54) is 24.1 Å². The van der Waals surface area contributed by atoms with Gasteiger partial charge in [-0.2, -0.15) is 5.10 Å². The van der Waals surface area contributed by atoms with Gasteiger partial charge in [-0.05, 0) is 68.9 Å². The van der Waals surface area contributed by atoms with Gasteiger partial charge >= 0.3 is 0 Å². The largest absolute Gasteiger partial charge is 0.333 e. The fourth-order valence-electron chi connectivity index (χ4n) is 4.97. The fraction of sp³-hybridized carbons (Fsp3) is 0.542. The number of nitrogens with zero attached hydrogens (tertiary/aromatic N) is 4. The minimum atomic E-state index is 0.184. The molecule has 0 aromatic carbocycles. The van der Waals surface area contributed by atoms with Gasteiger partial charge in [-0.15, -0.1) is 11.3 Å². The van der Waals surface area contributed by atoms with E-state index in [9.17, 15) is 4.79 Å². The van der Waals surface area contributed by atoms with Crippen LogP contribution < -0.4 is 0 Å². The monoisotopic (exact) mass is 422 g/mol. The van der Waals surface area contributed by atoms with Gasteiger partial charge in [-0.3, -0.25) is 4.79 Å². The minimum Gasteiger partial charge on any atom is -0.333 e. The van der Waals surface area contributed by atoms with Crippen molar-refractivity contribution in [1.29, 1.82) is 0 Å². The van der Waals surface area contributed by atoms with Crippen LogP contribution in [0.3, 0.4) is 0 Å². The summed E-state index contributed by atoms with van der Waals surface area (Å²) >= 11 is 1.72. The summed E-state index contributed by atoms with van der Waals surface area (Å²) in [6.07, 6.45) is 10.2. The molecule has 0 bridgehead atoms. The number of pyridine rings is 1. The van der Waals surface area contributed by atoms with Crippen molar-refractivity contribution < 1.29 is 4.79 Å². The number of rotatable bonds is 6. The number of carbonyl (C=O) groups excluding carboxylic acids is 1. The quantitative estimate of drug-likeness (QED) is 0.533. The molecule has 0 atom stereocenters. The third-order valence-electron chi connectivity index (χ3n) is 6.82. The lowest BCUT2D eigenvalue weighted by atomic mass is 9.83. The molecule has 6 heteroatoms. The molecule has 3 heterocycles. The van der Waals surface area contributed by atoms with Crippen LogP contribution in [0.2, 0.25) is 0 Å². The van der Waals surface area contributed by atoms with Crippen molar-refractivity contribution in [3.63, 3.8) is 0 Å². The Balaban J connectivity index is 1.47. The van der Waals surface area contributed by atoms with E-state index in [-0.39, 0.29) is 5.91 Å². The number of fused-ring (bicyclic) bond motifs is 1. The molecule has 2 aliphatic rings. The van der Waals surface area contributed by atoms with Crippen molar-refractivity contribution in [2.45, 2.75) is 77.4 Å². The highest BCUT2D eigenvalue weighted by Gasteiger charge is 2.39. The molecule has 3 aromatic rings. The Morgan fingerprint density at radius 1 is 1.20 bits per heavy atom. The van der Waals surface area contributed by atoms with Crippen molar-refractivity contribution in [2.75, 3.05) is 0 Å². The highest BCUT2D eigenvalue weighted by Crippen LogP contribution is 2.37. The molecule has 0 radical (unpaired) electrons. The van der Waals surface area contributed by atoms with Gasteiger partial charge in [0.05, 0.1) is 23.7 Å². The lowest BCUT2D eigenvalue weighted by Gasteiger charge is -2.37. The smallest absolute Gasteiger partial charge is 0.255 e. The van der Waals surface area contributed by atoms with Gasteiger partial charge in [0, 0.05) is 22.7 Å². The number of hydrogen-bond acceptors (Lipinski definition) is 4. The Kier molecular flexibility index (Phi) is 5.35. The maximum atomic E-state index is 13.8. The van der Waals surface area contributed by atoms with Gasteiger partial charge in [0.15, 0.2) is 5.65 Å². The molecule has 30 heavy (non-hydrogen) atoms. The van der Waals surface area contributed by atoms with Crippen LogP contribution in [0.25, 0.3) is 11.0 Å². The van der Waals surface area contributed by atoms with Crippen LogP contribution in [-0.4, -0.2) is 37.7 Å². The van der Waals surface area contributed by atoms with Gasteiger partial charge in [0.2, 0.25) is 0 Å². The Bertz CT molecular complexity index is 1030. The van der Waals surface area contributed by atoms with Crippen LogP contribution in [0, 0.1) is 12.8 Å². The van der Waals surface area contributed by atoms with E-state index in [0.717, 1.165) is 53.9 Å². The first kappa shape index (κ1) is 19.7. The van der Waals surface area contributed by atoms with Crippen LogP contribution in [0.1, 0.15) is 72.8 Å². The summed E-state index contributed by atoms with van der Waals surface area (Å²) in [7, 11) is 0. The molecule has 0 saturated heterocycles. The highest BCUT2D eigenvalue weighted by molar-refractivity contribution is 7.09. The number of aryl methyl sites for hydroxylation is 1. The molecule has 1 amide bonds. The van der Waals surface area contributed by atoms with Gasteiger partial charge in [-0.25, -0.2) is 9.67 Å². The molecule has 5 nitrogen and oxygen atoms in total. The Morgan fingerprint density at radius 3 is 2.57 bits per heavy atom. The first-order valence-corrected chi connectivity index (χ1v) is 12.2. The number of aromatic nitrogens is 3. The summed E-state index contributed by atoms with van der Waals surface area (Å²) in [6, 6.07) is 6.94. The average molecular weight is 423 g/mol. The molecule has 2 saturated carbocycles. The minimum absolute atomic E-state index is 0.184. The number of hydrogen-bond donors (Lipinski definition) is 0. The number of carbonyl (C=O) groups is 1. The van der Waals surface area contributed by atoms with Crippen LogP contribution in [0.4, 0.5) is 0 Å². The first-order valence-electron chi connectivity index (χ1n) is 11.3. The van der Waals surface area contributed by atoms with Crippen LogP contribution in [0.15, 0.2) is 29.8 Å². The van der Waals surface area contributed by atoms with E-state index in [4.69, 9.17) is 4.98 Å². The average Bonchev–Trinajstić information content (AvgIpc) is 3.30. The molecule has 0 unspecified atom stereocenters. The second kappa shape index (κ2) is 8.14.